The average molecular weight is 183 g/mol. The van der Waals surface area contributed by atoms with Crippen LogP contribution in [0.3, 0.4) is 0 Å². The molecule has 2 saturated carbocycles. The second kappa shape index (κ2) is 3.59. The van der Waals surface area contributed by atoms with E-state index in [0.29, 0.717) is 17.6 Å². The highest BCUT2D eigenvalue weighted by atomic mass is 35.5. The summed E-state index contributed by atoms with van der Waals surface area (Å²) in [4.78, 5) is 11.0. The molecule has 0 atom stereocenters. The molecule has 0 aliphatic heterocycles. The van der Waals surface area contributed by atoms with Crippen LogP contribution in [0, 0.1) is 11.8 Å². The van der Waals surface area contributed by atoms with E-state index in [9.17, 15) is 4.79 Å². The van der Waals surface area contributed by atoms with E-state index in [1.165, 1.54) is 25.7 Å². The van der Waals surface area contributed by atoms with Gasteiger partial charge in [0.05, 0.1) is 0 Å². The fourth-order valence-corrected chi connectivity index (χ4v) is 1.07. The summed E-state index contributed by atoms with van der Waals surface area (Å²) < 4.78 is 0. The summed E-state index contributed by atoms with van der Waals surface area (Å²) in [6, 6.07) is 0. The van der Waals surface area contributed by atoms with Gasteiger partial charge < -0.3 is 0 Å². The SMILES string of the molecule is Cl.Cl.O=C(C1CC1)C1CC1. The molecule has 0 unspecified atom stereocenters. The second-order valence-corrected chi connectivity index (χ2v) is 2.95. The molecule has 3 heteroatoms. The van der Waals surface area contributed by atoms with Crippen LogP contribution in [0.25, 0.3) is 0 Å². The van der Waals surface area contributed by atoms with E-state index in [1.54, 1.807) is 0 Å². The molecule has 0 radical (unpaired) electrons. The molecule has 0 heterocycles. The topological polar surface area (TPSA) is 17.1 Å². The van der Waals surface area contributed by atoms with Crippen molar-refractivity contribution in [3.8, 4) is 0 Å². The number of carbonyl (C=O) groups is 1. The summed E-state index contributed by atoms with van der Waals surface area (Å²) in [5.41, 5.74) is 0. The van der Waals surface area contributed by atoms with Crippen LogP contribution in [0.15, 0.2) is 0 Å². The highest BCUT2D eigenvalue weighted by molar-refractivity contribution is 5.87. The van der Waals surface area contributed by atoms with Gasteiger partial charge in [0.15, 0.2) is 0 Å². The average Bonchev–Trinajstić information content (AvgIpc) is 2.63. The van der Waals surface area contributed by atoms with Crippen LogP contribution in [0.4, 0.5) is 0 Å². The molecule has 0 saturated heterocycles. The predicted octanol–water partition coefficient (Wildman–Crippen LogP) is 2.22. The molecule has 2 fully saturated rings. The minimum atomic E-state index is 0. The van der Waals surface area contributed by atoms with Gasteiger partial charge in [-0.05, 0) is 25.7 Å². The normalized spacial score (nSPS) is 22.4. The first-order chi connectivity index (χ1) is 3.88. The Bertz CT molecular complexity index is 114. The first-order valence-electron chi connectivity index (χ1n) is 3.41. The van der Waals surface area contributed by atoms with E-state index in [4.69, 9.17) is 0 Å². The maximum atomic E-state index is 11.0. The van der Waals surface area contributed by atoms with Crippen molar-refractivity contribution in [2.24, 2.45) is 11.8 Å². The van der Waals surface area contributed by atoms with Crippen LogP contribution < -0.4 is 0 Å². The van der Waals surface area contributed by atoms with E-state index in [2.05, 4.69) is 0 Å². The highest BCUT2D eigenvalue weighted by Crippen LogP contribution is 2.40. The van der Waals surface area contributed by atoms with Gasteiger partial charge in [-0.15, -0.1) is 24.8 Å². The van der Waals surface area contributed by atoms with E-state index in [-0.39, 0.29) is 24.8 Å². The fraction of sp³-hybridized carbons (Fsp3) is 0.857. The number of Topliss-reactive ketones (excluding diaryl/α,β-unsaturated/α-hetero) is 1. The fourth-order valence-electron chi connectivity index (χ4n) is 1.07. The molecule has 0 aromatic carbocycles. The van der Waals surface area contributed by atoms with Crippen LogP contribution in [0.5, 0.6) is 0 Å². The van der Waals surface area contributed by atoms with Crippen molar-refractivity contribution in [1.29, 1.82) is 0 Å². The number of halogens is 2. The molecule has 1 nitrogen and oxygen atoms in total. The summed E-state index contributed by atoms with van der Waals surface area (Å²) >= 11 is 0. The van der Waals surface area contributed by atoms with Gasteiger partial charge in [0.25, 0.3) is 0 Å². The molecule has 0 aromatic heterocycles. The van der Waals surface area contributed by atoms with Crippen molar-refractivity contribution < 1.29 is 4.79 Å². The first-order valence-corrected chi connectivity index (χ1v) is 3.41. The minimum Gasteiger partial charge on any atom is -0.299 e. The van der Waals surface area contributed by atoms with Gasteiger partial charge in [0.1, 0.15) is 5.78 Å². The van der Waals surface area contributed by atoms with Gasteiger partial charge in [-0.1, -0.05) is 0 Å². The van der Waals surface area contributed by atoms with Gasteiger partial charge in [-0.3, -0.25) is 4.79 Å². The lowest BCUT2D eigenvalue weighted by atomic mass is 10.2. The summed E-state index contributed by atoms with van der Waals surface area (Å²) in [6.07, 6.45) is 4.76. The molecule has 0 N–H and O–H groups in total. The standard InChI is InChI=1S/C7H10O.2ClH/c8-7(5-1-2-5)6-3-4-6;;/h5-6H,1-4H2;2*1H. The lowest BCUT2D eigenvalue weighted by Gasteiger charge is -1.87. The Labute approximate surface area is 73.4 Å². The molecule has 0 amide bonds. The van der Waals surface area contributed by atoms with Gasteiger partial charge in [0, 0.05) is 11.8 Å². The Morgan fingerprint density at radius 1 is 0.900 bits per heavy atom. The van der Waals surface area contributed by atoms with Crippen LogP contribution in [0.2, 0.25) is 0 Å². The molecule has 0 spiro atoms. The Morgan fingerprint density at radius 2 is 1.20 bits per heavy atom. The molecule has 2 aliphatic rings. The van der Waals surface area contributed by atoms with Crippen molar-refractivity contribution in [2.75, 3.05) is 0 Å². The Morgan fingerprint density at radius 3 is 1.40 bits per heavy atom. The zero-order valence-corrected chi connectivity index (χ0v) is 7.34. The van der Waals surface area contributed by atoms with Gasteiger partial charge in [-0.25, -0.2) is 0 Å². The number of rotatable bonds is 2. The molecule has 2 rings (SSSR count). The number of hydrogen-bond donors (Lipinski definition) is 0. The quantitative estimate of drug-likeness (QED) is 0.641. The third-order valence-corrected chi connectivity index (χ3v) is 1.96. The third-order valence-electron chi connectivity index (χ3n) is 1.96. The maximum Gasteiger partial charge on any atom is 0.139 e. The number of hydrogen-bond acceptors (Lipinski definition) is 1. The predicted molar refractivity (Wildman–Crippen MR) is 45.0 cm³/mol. The van der Waals surface area contributed by atoms with Crippen molar-refractivity contribution >= 4 is 30.6 Å². The van der Waals surface area contributed by atoms with Crippen molar-refractivity contribution in [3.05, 3.63) is 0 Å². The summed E-state index contributed by atoms with van der Waals surface area (Å²) in [7, 11) is 0. The van der Waals surface area contributed by atoms with Gasteiger partial charge in [-0.2, -0.15) is 0 Å². The van der Waals surface area contributed by atoms with Crippen LogP contribution >= 0.6 is 24.8 Å². The van der Waals surface area contributed by atoms with E-state index in [0.717, 1.165) is 0 Å². The van der Waals surface area contributed by atoms with E-state index >= 15 is 0 Å². The van der Waals surface area contributed by atoms with Crippen LogP contribution in [-0.2, 0) is 4.79 Å². The molecular formula is C7H12Cl2O. The monoisotopic (exact) mass is 182 g/mol. The number of carbonyl (C=O) groups excluding carboxylic acids is 1. The number of ketones is 1. The zero-order chi connectivity index (χ0) is 5.56. The highest BCUT2D eigenvalue weighted by Gasteiger charge is 2.39. The summed E-state index contributed by atoms with van der Waals surface area (Å²) in [5, 5.41) is 0. The Hall–Kier alpha value is 0.250. The molecule has 2 aliphatic carbocycles. The first kappa shape index (κ1) is 10.2. The molecular weight excluding hydrogens is 171 g/mol. The molecule has 0 bridgehead atoms. The van der Waals surface area contributed by atoms with Gasteiger partial charge in [0.2, 0.25) is 0 Å². The smallest absolute Gasteiger partial charge is 0.139 e. The largest absolute Gasteiger partial charge is 0.299 e. The maximum absolute atomic E-state index is 11.0. The van der Waals surface area contributed by atoms with E-state index < -0.39 is 0 Å². The van der Waals surface area contributed by atoms with Crippen molar-refractivity contribution in [1.82, 2.24) is 0 Å². The second-order valence-electron chi connectivity index (χ2n) is 2.95. The van der Waals surface area contributed by atoms with Crippen molar-refractivity contribution in [3.63, 3.8) is 0 Å². The molecule has 60 valence electrons. The summed E-state index contributed by atoms with van der Waals surface area (Å²) in [5.74, 6) is 1.61. The zero-order valence-electron chi connectivity index (χ0n) is 5.71. The summed E-state index contributed by atoms with van der Waals surface area (Å²) in [6.45, 7) is 0. The van der Waals surface area contributed by atoms with Crippen molar-refractivity contribution in [2.45, 2.75) is 25.7 Å². The van der Waals surface area contributed by atoms with E-state index in [1.807, 2.05) is 0 Å². The lowest BCUT2D eigenvalue weighted by Crippen LogP contribution is -2.01. The van der Waals surface area contributed by atoms with Gasteiger partial charge >= 0.3 is 0 Å². The molecule has 0 aromatic rings. The lowest BCUT2D eigenvalue weighted by molar-refractivity contribution is -0.121. The Kier molecular flexibility index (Phi) is 3.68. The third kappa shape index (κ3) is 2.14. The minimum absolute atomic E-state index is 0. The van der Waals surface area contributed by atoms with Crippen LogP contribution in [-0.4, -0.2) is 5.78 Å². The Balaban J connectivity index is 0.000000405. The van der Waals surface area contributed by atoms with Crippen LogP contribution in [0.1, 0.15) is 25.7 Å². The molecule has 10 heavy (non-hydrogen) atoms.